The normalized spacial score (nSPS) is 12.7. The maximum Gasteiger partial charge on any atom is 0.272 e. The summed E-state index contributed by atoms with van der Waals surface area (Å²) in [6, 6.07) is 30.7. The number of hydrogen-bond donors (Lipinski definition) is 3. The molecule has 1 aromatic heterocycles. The number of carbonyl (C=O) groups excluding carboxylic acids is 3. The van der Waals surface area contributed by atoms with Crippen LogP contribution in [0.15, 0.2) is 108 Å². The number of fused-ring (bicyclic) bond motifs is 1. The lowest BCUT2D eigenvalue weighted by Gasteiger charge is -2.18. The topological polar surface area (TPSA) is 139 Å². The fourth-order valence-electron chi connectivity index (χ4n) is 6.10. The molecule has 0 radical (unpaired) electrons. The van der Waals surface area contributed by atoms with E-state index in [9.17, 15) is 19.6 Å². The van der Waals surface area contributed by atoms with Crippen LogP contribution in [0.5, 0.6) is 17.2 Å². The third-order valence-electron chi connectivity index (χ3n) is 8.77. The second-order valence-electron chi connectivity index (χ2n) is 12.2. The van der Waals surface area contributed by atoms with E-state index in [0.717, 1.165) is 36.8 Å². The molecule has 54 heavy (non-hydrogen) atoms. The Morgan fingerprint density at radius 3 is 2.20 bits per heavy atom. The highest BCUT2D eigenvalue weighted by molar-refractivity contribution is 8.00. The molecule has 6 rings (SSSR count). The molecule has 0 saturated carbocycles. The molecule has 4 aromatic carbocycles. The van der Waals surface area contributed by atoms with Crippen molar-refractivity contribution in [3.05, 3.63) is 135 Å². The highest BCUT2D eigenvalue weighted by Crippen LogP contribution is 2.41. The van der Waals surface area contributed by atoms with Gasteiger partial charge in [-0.15, -0.1) is 23.1 Å². The van der Waals surface area contributed by atoms with Gasteiger partial charge in [-0.25, -0.2) is 0 Å². The van der Waals surface area contributed by atoms with E-state index >= 15 is 0 Å². The fourth-order valence-corrected chi connectivity index (χ4v) is 8.42. The number of amides is 3. The number of thiophene rings is 1. The summed E-state index contributed by atoms with van der Waals surface area (Å²) in [7, 11) is 4.49. The maximum atomic E-state index is 14.0. The lowest BCUT2D eigenvalue weighted by molar-refractivity contribution is -0.116. The molecular formula is C42H38N4O6S2. The molecule has 0 fully saturated rings. The Morgan fingerprint density at radius 2 is 1.50 bits per heavy atom. The summed E-state index contributed by atoms with van der Waals surface area (Å²) in [5.41, 5.74) is 3.60. The molecule has 3 N–H and O–H groups in total. The molecule has 3 amide bonds. The Hall–Kier alpha value is -6.03. The van der Waals surface area contributed by atoms with Crippen molar-refractivity contribution in [3.63, 3.8) is 0 Å². The van der Waals surface area contributed by atoms with Crippen molar-refractivity contribution in [2.45, 2.75) is 35.8 Å². The Morgan fingerprint density at radius 1 is 0.815 bits per heavy atom. The third-order valence-corrected chi connectivity index (χ3v) is 11.2. The van der Waals surface area contributed by atoms with Gasteiger partial charge >= 0.3 is 0 Å². The summed E-state index contributed by atoms with van der Waals surface area (Å²) < 4.78 is 16.5. The van der Waals surface area contributed by atoms with Crippen LogP contribution in [-0.2, 0) is 22.4 Å². The van der Waals surface area contributed by atoms with E-state index in [1.165, 1.54) is 55.4 Å². The van der Waals surface area contributed by atoms with E-state index in [4.69, 9.17) is 14.2 Å². The highest BCUT2D eigenvalue weighted by Gasteiger charge is 2.27. The summed E-state index contributed by atoms with van der Waals surface area (Å²) in [6.07, 6.45) is 5.36. The van der Waals surface area contributed by atoms with E-state index in [-0.39, 0.29) is 11.6 Å². The summed E-state index contributed by atoms with van der Waals surface area (Å²) in [4.78, 5) is 43.2. The summed E-state index contributed by atoms with van der Waals surface area (Å²) in [5.74, 6) is -0.107. The summed E-state index contributed by atoms with van der Waals surface area (Å²) in [5, 5.41) is 18.6. The van der Waals surface area contributed by atoms with Crippen molar-refractivity contribution >= 4 is 57.6 Å². The molecule has 5 aromatic rings. The van der Waals surface area contributed by atoms with Gasteiger partial charge in [0.2, 0.25) is 5.91 Å². The molecule has 12 heteroatoms. The standard InChI is InChI=1S/C42H38N4O6S2/c1-50-34-24-36(52-3)35(51-2)22-28(34)21-33(45-39(47)27-15-8-5-9-16-27)40(48)44-29-17-12-18-30(23-29)53-38(26-13-6-4-7-14-26)41(49)46-42-32(25-43)31-19-10-11-20-37(31)54-42/h4-9,12-18,21-24,38H,10-11,19-20H2,1-3H3,(H,44,48)(H,45,47)(H,46,49)/b33-21+. The first kappa shape index (κ1) is 37.7. The van der Waals surface area contributed by atoms with Crippen LogP contribution in [0.1, 0.15) is 55.6 Å². The van der Waals surface area contributed by atoms with E-state index in [2.05, 4.69) is 22.0 Å². The minimum absolute atomic E-state index is 0.0547. The summed E-state index contributed by atoms with van der Waals surface area (Å²) in [6.45, 7) is 0. The minimum Gasteiger partial charge on any atom is -0.496 e. The number of nitrogens with one attached hydrogen (secondary N) is 3. The lowest BCUT2D eigenvalue weighted by atomic mass is 9.96. The molecular weight excluding hydrogens is 721 g/mol. The van der Waals surface area contributed by atoms with Crippen molar-refractivity contribution in [1.82, 2.24) is 5.32 Å². The second kappa shape index (κ2) is 17.7. The SMILES string of the molecule is COc1cc(OC)c(OC)cc1/C=C(/NC(=O)c1ccccc1)C(=O)Nc1cccc(SC(C(=O)Nc2sc3c(c2C#N)CCCC3)c2ccccc2)c1. The average molecular weight is 759 g/mol. The van der Waals surface area contributed by atoms with Gasteiger partial charge in [0, 0.05) is 32.7 Å². The molecule has 1 unspecified atom stereocenters. The van der Waals surface area contributed by atoms with E-state index in [0.29, 0.717) is 49.5 Å². The number of benzene rings is 4. The van der Waals surface area contributed by atoms with E-state index < -0.39 is 17.1 Å². The van der Waals surface area contributed by atoms with E-state index in [1.54, 1.807) is 60.7 Å². The second-order valence-corrected chi connectivity index (χ2v) is 14.5. The number of aryl methyl sites for hydroxylation is 1. The number of anilines is 2. The van der Waals surface area contributed by atoms with Crippen molar-refractivity contribution in [2.24, 2.45) is 0 Å². The number of thioether (sulfide) groups is 1. The molecule has 1 heterocycles. The van der Waals surface area contributed by atoms with Crippen LogP contribution in [0.25, 0.3) is 6.08 Å². The van der Waals surface area contributed by atoms with Gasteiger partial charge in [0.1, 0.15) is 27.8 Å². The van der Waals surface area contributed by atoms with Crippen molar-refractivity contribution in [1.29, 1.82) is 5.26 Å². The molecule has 1 aliphatic carbocycles. The van der Waals surface area contributed by atoms with Crippen LogP contribution in [0.2, 0.25) is 0 Å². The zero-order chi connectivity index (χ0) is 38.0. The van der Waals surface area contributed by atoms with Gasteiger partial charge in [-0.3, -0.25) is 14.4 Å². The first-order chi connectivity index (χ1) is 26.3. The van der Waals surface area contributed by atoms with Gasteiger partial charge in [-0.2, -0.15) is 5.26 Å². The minimum atomic E-state index is -0.666. The van der Waals surface area contributed by atoms with Gasteiger partial charge < -0.3 is 30.2 Å². The lowest BCUT2D eigenvalue weighted by Crippen LogP contribution is -2.30. The first-order valence-electron chi connectivity index (χ1n) is 17.2. The highest BCUT2D eigenvalue weighted by atomic mass is 32.2. The molecule has 1 aliphatic rings. The smallest absolute Gasteiger partial charge is 0.272 e. The number of hydrogen-bond acceptors (Lipinski definition) is 9. The Bertz CT molecular complexity index is 2230. The van der Waals surface area contributed by atoms with Gasteiger partial charge in [-0.1, -0.05) is 54.6 Å². The number of methoxy groups -OCH3 is 3. The van der Waals surface area contributed by atoms with Crippen molar-refractivity contribution in [3.8, 4) is 23.3 Å². The van der Waals surface area contributed by atoms with Crippen LogP contribution in [0.3, 0.4) is 0 Å². The van der Waals surface area contributed by atoms with Gasteiger partial charge in [0.15, 0.2) is 11.5 Å². The molecule has 0 spiro atoms. The molecule has 274 valence electrons. The number of nitrogens with zero attached hydrogens (tertiary/aromatic N) is 1. The quantitative estimate of drug-likeness (QED) is 0.0804. The first-order valence-corrected chi connectivity index (χ1v) is 18.9. The fraction of sp³-hybridized carbons (Fsp3) is 0.190. The number of carbonyl (C=O) groups is 3. The molecule has 0 bridgehead atoms. The van der Waals surface area contributed by atoms with Gasteiger partial charge in [-0.05, 0) is 79.3 Å². The summed E-state index contributed by atoms with van der Waals surface area (Å²) >= 11 is 2.81. The van der Waals surface area contributed by atoms with Crippen LogP contribution in [-0.4, -0.2) is 39.1 Å². The molecule has 0 saturated heterocycles. The molecule has 10 nitrogen and oxygen atoms in total. The predicted molar refractivity (Wildman–Crippen MR) is 212 cm³/mol. The zero-order valence-corrected chi connectivity index (χ0v) is 31.6. The predicted octanol–water partition coefficient (Wildman–Crippen LogP) is 8.41. The van der Waals surface area contributed by atoms with E-state index in [1.807, 2.05) is 36.4 Å². The monoisotopic (exact) mass is 758 g/mol. The molecule has 1 atom stereocenters. The number of ether oxygens (including phenoxy) is 3. The maximum absolute atomic E-state index is 14.0. The largest absolute Gasteiger partial charge is 0.496 e. The zero-order valence-electron chi connectivity index (χ0n) is 29.9. The number of nitriles is 1. The Labute approximate surface area is 322 Å². The van der Waals surface area contributed by atoms with Crippen molar-refractivity contribution < 1.29 is 28.6 Å². The average Bonchev–Trinajstić information content (AvgIpc) is 3.56. The third kappa shape index (κ3) is 8.77. The van der Waals surface area contributed by atoms with Crippen molar-refractivity contribution in [2.75, 3.05) is 32.0 Å². The number of rotatable bonds is 13. The van der Waals surface area contributed by atoms with Crippen LogP contribution in [0, 0.1) is 11.3 Å². The van der Waals surface area contributed by atoms with Crippen LogP contribution >= 0.6 is 23.1 Å². The van der Waals surface area contributed by atoms with Crippen LogP contribution in [0.4, 0.5) is 10.7 Å². The van der Waals surface area contributed by atoms with Gasteiger partial charge in [0.05, 0.1) is 26.9 Å². The van der Waals surface area contributed by atoms with Crippen LogP contribution < -0.4 is 30.2 Å². The molecule has 0 aliphatic heterocycles. The Balaban J connectivity index is 1.28. The Kier molecular flexibility index (Phi) is 12.3. The van der Waals surface area contributed by atoms with Gasteiger partial charge in [0.25, 0.3) is 11.8 Å².